The van der Waals surface area contributed by atoms with Gasteiger partial charge in [0, 0.05) is 19.7 Å². The van der Waals surface area contributed by atoms with Gasteiger partial charge in [0.2, 0.25) is 0 Å². The second-order valence-electron chi connectivity index (χ2n) is 4.27. The summed E-state index contributed by atoms with van der Waals surface area (Å²) in [4.78, 5) is 2.43. The van der Waals surface area contributed by atoms with E-state index < -0.39 is 0 Å². The van der Waals surface area contributed by atoms with Crippen LogP contribution in [0.4, 0.5) is 0 Å². The number of likely N-dealkylation sites (N-methyl/N-ethyl adjacent to an activating group) is 2. The fourth-order valence-corrected chi connectivity index (χ4v) is 1.99. The zero-order valence-corrected chi connectivity index (χ0v) is 10.9. The van der Waals surface area contributed by atoms with Crippen LogP contribution in [-0.4, -0.2) is 63.5 Å². The molecule has 1 aliphatic rings. The number of morpholine rings is 1. The molecule has 0 spiro atoms. The number of nitrogens with one attached hydrogen (secondary N) is 1. The molecule has 0 bridgehead atoms. The molecule has 1 heterocycles. The Morgan fingerprint density at radius 2 is 2.31 bits per heavy atom. The van der Waals surface area contributed by atoms with Gasteiger partial charge in [-0.25, -0.2) is 0 Å². The third-order valence-corrected chi connectivity index (χ3v) is 3.09. The fraction of sp³-hybridized carbons (Fsp3) is 1.00. The van der Waals surface area contributed by atoms with Crippen LogP contribution in [0.2, 0.25) is 0 Å². The Labute approximate surface area is 99.3 Å². The van der Waals surface area contributed by atoms with Crippen LogP contribution in [0, 0.1) is 0 Å². The van der Waals surface area contributed by atoms with Gasteiger partial charge in [0.25, 0.3) is 0 Å². The number of hydrogen-bond donors (Lipinski definition) is 1. The van der Waals surface area contributed by atoms with Crippen molar-refractivity contribution in [3.8, 4) is 0 Å². The van der Waals surface area contributed by atoms with E-state index in [1.54, 1.807) is 0 Å². The van der Waals surface area contributed by atoms with E-state index in [2.05, 4.69) is 24.1 Å². The minimum atomic E-state index is 0.260. The van der Waals surface area contributed by atoms with E-state index in [9.17, 15) is 0 Å². The first kappa shape index (κ1) is 13.9. The molecule has 0 saturated carbocycles. The van der Waals surface area contributed by atoms with E-state index in [1.807, 2.05) is 7.05 Å². The van der Waals surface area contributed by atoms with E-state index in [-0.39, 0.29) is 6.10 Å². The first-order valence-electron chi connectivity index (χ1n) is 6.40. The van der Waals surface area contributed by atoms with Crippen LogP contribution < -0.4 is 5.32 Å². The Balaban J connectivity index is 2.32. The standard InChI is InChI=1S/C12H26N2O2/c1-4-7-15-10-11(13-3)12-9-14(5-2)6-8-16-12/h11-13H,4-10H2,1-3H3. The molecule has 1 saturated heterocycles. The van der Waals surface area contributed by atoms with Gasteiger partial charge in [0.1, 0.15) is 0 Å². The lowest BCUT2D eigenvalue weighted by atomic mass is 10.1. The van der Waals surface area contributed by atoms with Gasteiger partial charge in [-0.2, -0.15) is 0 Å². The molecule has 2 unspecified atom stereocenters. The van der Waals surface area contributed by atoms with Crippen molar-refractivity contribution in [3.05, 3.63) is 0 Å². The van der Waals surface area contributed by atoms with Gasteiger partial charge in [-0.3, -0.25) is 4.90 Å². The van der Waals surface area contributed by atoms with Gasteiger partial charge in [-0.1, -0.05) is 13.8 Å². The van der Waals surface area contributed by atoms with Crippen molar-refractivity contribution in [1.29, 1.82) is 0 Å². The van der Waals surface area contributed by atoms with Crippen molar-refractivity contribution in [3.63, 3.8) is 0 Å². The molecular formula is C12H26N2O2. The van der Waals surface area contributed by atoms with Gasteiger partial charge in [-0.15, -0.1) is 0 Å². The van der Waals surface area contributed by atoms with Gasteiger partial charge < -0.3 is 14.8 Å². The van der Waals surface area contributed by atoms with Crippen LogP contribution in [0.1, 0.15) is 20.3 Å². The Morgan fingerprint density at radius 1 is 1.50 bits per heavy atom. The maximum Gasteiger partial charge on any atom is 0.0877 e. The summed E-state index contributed by atoms with van der Waals surface area (Å²) in [7, 11) is 1.98. The number of nitrogens with zero attached hydrogens (tertiary/aromatic N) is 1. The normalized spacial score (nSPS) is 24.6. The topological polar surface area (TPSA) is 33.7 Å². The molecule has 1 fully saturated rings. The lowest BCUT2D eigenvalue weighted by Crippen LogP contribution is -2.53. The summed E-state index contributed by atoms with van der Waals surface area (Å²) in [6, 6.07) is 0.306. The smallest absolute Gasteiger partial charge is 0.0877 e. The summed E-state index contributed by atoms with van der Waals surface area (Å²) < 4.78 is 11.4. The van der Waals surface area contributed by atoms with Gasteiger partial charge in [0.15, 0.2) is 0 Å². The van der Waals surface area contributed by atoms with E-state index in [1.165, 1.54) is 0 Å². The van der Waals surface area contributed by atoms with Crippen molar-refractivity contribution in [1.82, 2.24) is 10.2 Å². The quantitative estimate of drug-likeness (QED) is 0.654. The predicted molar refractivity (Wildman–Crippen MR) is 65.8 cm³/mol. The molecule has 2 atom stereocenters. The second-order valence-corrected chi connectivity index (χ2v) is 4.27. The maximum absolute atomic E-state index is 5.81. The van der Waals surface area contributed by atoms with Crippen molar-refractivity contribution < 1.29 is 9.47 Å². The fourth-order valence-electron chi connectivity index (χ4n) is 1.99. The summed E-state index contributed by atoms with van der Waals surface area (Å²) in [5, 5.41) is 3.30. The second kappa shape index (κ2) is 8.01. The van der Waals surface area contributed by atoms with Crippen LogP contribution in [-0.2, 0) is 9.47 Å². The summed E-state index contributed by atoms with van der Waals surface area (Å²) in [5.74, 6) is 0. The Bertz CT molecular complexity index is 178. The van der Waals surface area contributed by atoms with Crippen LogP contribution in [0.5, 0.6) is 0 Å². The lowest BCUT2D eigenvalue weighted by molar-refractivity contribution is -0.0588. The van der Waals surface area contributed by atoms with Crippen LogP contribution in [0.15, 0.2) is 0 Å². The molecule has 0 aromatic carbocycles. The zero-order chi connectivity index (χ0) is 11.8. The molecule has 96 valence electrons. The molecule has 4 nitrogen and oxygen atoms in total. The molecule has 0 aliphatic carbocycles. The molecule has 0 amide bonds. The van der Waals surface area contributed by atoms with Crippen molar-refractivity contribution in [2.24, 2.45) is 0 Å². The summed E-state index contributed by atoms with van der Waals surface area (Å²) >= 11 is 0. The molecule has 0 aromatic rings. The summed E-state index contributed by atoms with van der Waals surface area (Å²) in [6.45, 7) is 9.91. The molecule has 4 heteroatoms. The van der Waals surface area contributed by atoms with Crippen LogP contribution in [0.3, 0.4) is 0 Å². The Morgan fingerprint density at radius 3 is 2.94 bits per heavy atom. The lowest BCUT2D eigenvalue weighted by Gasteiger charge is -2.36. The Kier molecular flexibility index (Phi) is 6.96. The monoisotopic (exact) mass is 230 g/mol. The average Bonchev–Trinajstić information content (AvgIpc) is 2.35. The molecular weight excluding hydrogens is 204 g/mol. The first-order chi connectivity index (χ1) is 7.81. The van der Waals surface area contributed by atoms with Crippen molar-refractivity contribution in [2.45, 2.75) is 32.4 Å². The highest BCUT2D eigenvalue weighted by Crippen LogP contribution is 2.09. The molecule has 1 N–H and O–H groups in total. The first-order valence-corrected chi connectivity index (χ1v) is 6.40. The molecule has 1 aliphatic heterocycles. The number of rotatable bonds is 7. The minimum Gasteiger partial charge on any atom is -0.380 e. The summed E-state index contributed by atoms with van der Waals surface area (Å²) in [5.41, 5.74) is 0. The minimum absolute atomic E-state index is 0.260. The summed E-state index contributed by atoms with van der Waals surface area (Å²) in [6.07, 6.45) is 1.33. The highest BCUT2D eigenvalue weighted by Gasteiger charge is 2.26. The van der Waals surface area contributed by atoms with Gasteiger partial charge in [0.05, 0.1) is 25.4 Å². The average molecular weight is 230 g/mol. The highest BCUT2D eigenvalue weighted by molar-refractivity contribution is 4.81. The highest BCUT2D eigenvalue weighted by atomic mass is 16.5. The SMILES string of the molecule is CCCOCC(NC)C1CN(CC)CCO1. The molecule has 1 rings (SSSR count). The van der Waals surface area contributed by atoms with E-state index in [4.69, 9.17) is 9.47 Å². The predicted octanol–water partition coefficient (Wildman–Crippen LogP) is 0.722. The van der Waals surface area contributed by atoms with Gasteiger partial charge >= 0.3 is 0 Å². The number of hydrogen-bond acceptors (Lipinski definition) is 4. The van der Waals surface area contributed by atoms with Crippen molar-refractivity contribution >= 4 is 0 Å². The maximum atomic E-state index is 5.81. The van der Waals surface area contributed by atoms with E-state index in [0.29, 0.717) is 6.04 Å². The molecule has 16 heavy (non-hydrogen) atoms. The zero-order valence-electron chi connectivity index (χ0n) is 10.9. The largest absolute Gasteiger partial charge is 0.380 e. The Hall–Kier alpha value is -0.160. The van der Waals surface area contributed by atoms with Crippen LogP contribution in [0.25, 0.3) is 0 Å². The molecule has 0 radical (unpaired) electrons. The van der Waals surface area contributed by atoms with Gasteiger partial charge in [-0.05, 0) is 20.0 Å². The number of ether oxygens (including phenoxy) is 2. The van der Waals surface area contributed by atoms with E-state index in [0.717, 1.165) is 45.9 Å². The third-order valence-electron chi connectivity index (χ3n) is 3.09. The third kappa shape index (κ3) is 4.37. The van der Waals surface area contributed by atoms with Crippen LogP contribution >= 0.6 is 0 Å². The van der Waals surface area contributed by atoms with E-state index >= 15 is 0 Å². The van der Waals surface area contributed by atoms with Crippen molar-refractivity contribution in [2.75, 3.05) is 46.5 Å². The molecule has 0 aromatic heterocycles.